The van der Waals surface area contributed by atoms with Gasteiger partial charge in [-0.05, 0) is 13.2 Å². The summed E-state index contributed by atoms with van der Waals surface area (Å²) in [5.41, 5.74) is 0. The Kier molecular flexibility index (Phi) is 5.13. The van der Waals surface area contributed by atoms with Crippen molar-refractivity contribution in [2.45, 2.75) is 11.7 Å². The zero-order valence-corrected chi connectivity index (χ0v) is 8.55. The van der Waals surface area contributed by atoms with Gasteiger partial charge in [0, 0.05) is 7.05 Å². The van der Waals surface area contributed by atoms with Crippen molar-refractivity contribution in [2.75, 3.05) is 13.3 Å². The topological polar surface area (TPSA) is 67.8 Å². The minimum atomic E-state index is -0.742. The summed E-state index contributed by atoms with van der Waals surface area (Å²) in [6, 6.07) is 0. The van der Waals surface area contributed by atoms with Gasteiger partial charge in [-0.2, -0.15) is 0 Å². The fourth-order valence-electron chi connectivity index (χ4n) is 0.356. The van der Waals surface area contributed by atoms with Crippen LogP contribution in [-0.2, 0) is 9.63 Å². The van der Waals surface area contributed by atoms with Crippen molar-refractivity contribution in [3.63, 3.8) is 0 Å². The van der Waals surface area contributed by atoms with Crippen LogP contribution in [0.3, 0.4) is 0 Å². The highest BCUT2D eigenvalue weighted by atomic mass is 32.2. The molecule has 0 aromatic rings. The number of thioether (sulfide) groups is 1. The van der Waals surface area contributed by atoms with Gasteiger partial charge in [0.2, 0.25) is 0 Å². The molecular formula is C7H12N2O3S. The van der Waals surface area contributed by atoms with E-state index in [0.29, 0.717) is 0 Å². The number of hydrogen-bond donors (Lipinski definition) is 1. The molecule has 0 aliphatic rings. The van der Waals surface area contributed by atoms with Gasteiger partial charge in [0.1, 0.15) is 11.0 Å². The first-order valence-corrected chi connectivity index (χ1v) is 4.75. The lowest BCUT2D eigenvalue weighted by atomic mass is 10.2. The predicted molar refractivity (Wildman–Crippen MR) is 52.0 cm³/mol. The Labute approximate surface area is 80.9 Å². The second kappa shape index (κ2) is 5.58. The van der Waals surface area contributed by atoms with E-state index in [1.54, 1.807) is 13.2 Å². The molecule has 74 valence electrons. The fourth-order valence-corrected chi connectivity index (χ4v) is 0.600. The van der Waals surface area contributed by atoms with E-state index in [0.717, 1.165) is 6.29 Å². The summed E-state index contributed by atoms with van der Waals surface area (Å²) >= 11 is 1.30. The van der Waals surface area contributed by atoms with Gasteiger partial charge in [0.15, 0.2) is 0 Å². The van der Waals surface area contributed by atoms with Gasteiger partial charge in [-0.15, -0.1) is 11.8 Å². The predicted octanol–water partition coefficient (Wildman–Crippen LogP) is 0.649. The van der Waals surface area contributed by atoms with E-state index in [4.69, 9.17) is 0 Å². The molecule has 0 radical (unpaired) electrons. The number of nitrogens with one attached hydrogen (secondary N) is 1. The molecule has 0 fully saturated rings. The molecule has 5 nitrogen and oxygen atoms in total. The number of hydrogen-bond acceptors (Lipinski definition) is 5. The Bertz CT molecular complexity index is 220. The summed E-state index contributed by atoms with van der Waals surface area (Å²) in [6.07, 6.45) is 3.11. The molecule has 13 heavy (non-hydrogen) atoms. The first kappa shape index (κ1) is 12.0. The maximum atomic E-state index is 10.5. The Hall–Kier alpha value is -1.04. The lowest BCUT2D eigenvalue weighted by Crippen LogP contribution is -2.24. The van der Waals surface area contributed by atoms with Crippen LogP contribution in [0.5, 0.6) is 0 Å². The van der Waals surface area contributed by atoms with Crippen molar-refractivity contribution in [2.24, 2.45) is 5.16 Å². The van der Waals surface area contributed by atoms with Crippen molar-refractivity contribution < 1.29 is 14.4 Å². The molecule has 0 spiro atoms. The minimum absolute atomic E-state index is 0.661. The van der Waals surface area contributed by atoms with Crippen molar-refractivity contribution >= 4 is 30.4 Å². The summed E-state index contributed by atoms with van der Waals surface area (Å²) < 4.78 is -0.742. The number of amides is 1. The summed E-state index contributed by atoms with van der Waals surface area (Å²) in [6.45, 7) is 1.67. The number of rotatable bonds is 4. The summed E-state index contributed by atoms with van der Waals surface area (Å²) in [7, 11) is 1.42. The molecular weight excluding hydrogens is 192 g/mol. The average Bonchev–Trinajstić information content (AvgIpc) is 2.17. The molecule has 1 unspecified atom stereocenters. The normalized spacial score (nSPS) is 15.0. The van der Waals surface area contributed by atoms with E-state index in [9.17, 15) is 9.59 Å². The third-order valence-electron chi connectivity index (χ3n) is 1.32. The standard InChI is InChI=1S/C7H12N2O3S/c1-7(5-10,13-3)4-9-12-6(11)8-2/h4-5H,1-3H3,(H,8,11). The first-order valence-electron chi connectivity index (χ1n) is 3.52. The van der Waals surface area contributed by atoms with E-state index < -0.39 is 10.8 Å². The second-order valence-corrected chi connectivity index (χ2v) is 3.66. The monoisotopic (exact) mass is 204 g/mol. The van der Waals surface area contributed by atoms with Crippen molar-refractivity contribution in [3.05, 3.63) is 0 Å². The van der Waals surface area contributed by atoms with Crippen LogP contribution in [-0.4, -0.2) is 36.6 Å². The number of oxime groups is 1. The SMILES string of the molecule is CNC(=O)ON=CC(C)(C=O)SC. The molecule has 0 aromatic heterocycles. The van der Waals surface area contributed by atoms with Crippen LogP contribution in [0.4, 0.5) is 4.79 Å². The van der Waals surface area contributed by atoms with Gasteiger partial charge >= 0.3 is 6.09 Å². The lowest BCUT2D eigenvalue weighted by Gasteiger charge is -2.12. The van der Waals surface area contributed by atoms with E-state index in [-0.39, 0.29) is 0 Å². The average molecular weight is 204 g/mol. The lowest BCUT2D eigenvalue weighted by molar-refractivity contribution is -0.108. The number of nitrogens with zero attached hydrogens (tertiary/aromatic N) is 1. The summed E-state index contributed by atoms with van der Waals surface area (Å²) in [4.78, 5) is 25.4. The molecule has 1 N–H and O–H groups in total. The van der Waals surface area contributed by atoms with E-state index in [2.05, 4.69) is 15.3 Å². The van der Waals surface area contributed by atoms with Crippen LogP contribution < -0.4 is 5.32 Å². The summed E-state index contributed by atoms with van der Waals surface area (Å²) in [5, 5.41) is 5.58. The van der Waals surface area contributed by atoms with Crippen LogP contribution in [0.15, 0.2) is 5.16 Å². The van der Waals surface area contributed by atoms with Gasteiger partial charge in [-0.25, -0.2) is 4.79 Å². The van der Waals surface area contributed by atoms with Gasteiger partial charge in [0.25, 0.3) is 0 Å². The summed E-state index contributed by atoms with van der Waals surface area (Å²) in [5.74, 6) is 0. The fraction of sp³-hybridized carbons (Fsp3) is 0.571. The third-order valence-corrected chi connectivity index (χ3v) is 2.40. The first-order chi connectivity index (χ1) is 6.08. The Morgan fingerprint density at radius 2 is 2.31 bits per heavy atom. The molecule has 0 aliphatic carbocycles. The smallest absolute Gasteiger partial charge is 0.323 e. The number of carbonyl (C=O) groups is 2. The molecule has 1 atom stereocenters. The van der Waals surface area contributed by atoms with Gasteiger partial charge in [-0.1, -0.05) is 5.16 Å². The molecule has 0 aliphatic heterocycles. The highest BCUT2D eigenvalue weighted by molar-refractivity contribution is 8.01. The van der Waals surface area contributed by atoms with Crippen LogP contribution >= 0.6 is 11.8 Å². The van der Waals surface area contributed by atoms with Crippen molar-refractivity contribution in [1.29, 1.82) is 0 Å². The zero-order chi connectivity index (χ0) is 10.3. The van der Waals surface area contributed by atoms with Crippen LogP contribution in [0.1, 0.15) is 6.92 Å². The number of carbonyl (C=O) groups excluding carboxylic acids is 2. The zero-order valence-electron chi connectivity index (χ0n) is 7.73. The van der Waals surface area contributed by atoms with E-state index in [1.807, 2.05) is 0 Å². The highest BCUT2D eigenvalue weighted by Gasteiger charge is 2.19. The maximum Gasteiger partial charge on any atom is 0.433 e. The Morgan fingerprint density at radius 1 is 1.69 bits per heavy atom. The van der Waals surface area contributed by atoms with Crippen molar-refractivity contribution in [3.8, 4) is 0 Å². The molecule has 6 heteroatoms. The molecule has 0 saturated carbocycles. The van der Waals surface area contributed by atoms with E-state index >= 15 is 0 Å². The van der Waals surface area contributed by atoms with Gasteiger partial charge in [0.05, 0.1) is 6.21 Å². The van der Waals surface area contributed by atoms with Crippen molar-refractivity contribution in [1.82, 2.24) is 5.32 Å². The second-order valence-electron chi connectivity index (χ2n) is 2.37. The molecule has 0 saturated heterocycles. The quantitative estimate of drug-likeness (QED) is 0.316. The Balaban J connectivity index is 4.09. The molecule has 0 aromatic carbocycles. The number of aldehydes is 1. The Morgan fingerprint density at radius 3 is 2.69 bits per heavy atom. The maximum absolute atomic E-state index is 10.5. The highest BCUT2D eigenvalue weighted by Crippen LogP contribution is 2.16. The van der Waals surface area contributed by atoms with Crippen LogP contribution in [0, 0.1) is 0 Å². The van der Waals surface area contributed by atoms with E-state index in [1.165, 1.54) is 25.0 Å². The molecule has 0 bridgehead atoms. The largest absolute Gasteiger partial charge is 0.433 e. The third kappa shape index (κ3) is 4.51. The molecule has 0 heterocycles. The van der Waals surface area contributed by atoms with Crippen LogP contribution in [0.2, 0.25) is 0 Å². The van der Waals surface area contributed by atoms with Gasteiger partial charge in [-0.3, -0.25) is 4.84 Å². The minimum Gasteiger partial charge on any atom is -0.323 e. The van der Waals surface area contributed by atoms with Gasteiger partial charge < -0.3 is 10.1 Å². The molecule has 0 rings (SSSR count). The van der Waals surface area contributed by atoms with Crippen LogP contribution in [0.25, 0.3) is 0 Å². The molecule has 1 amide bonds.